The lowest BCUT2D eigenvalue weighted by molar-refractivity contribution is 0.402. The molecule has 0 bridgehead atoms. The molecule has 0 aliphatic carbocycles. The van der Waals surface area contributed by atoms with Gasteiger partial charge in [0, 0.05) is 0 Å². The summed E-state index contributed by atoms with van der Waals surface area (Å²) in [7, 11) is 1.97. The van der Waals surface area contributed by atoms with Gasteiger partial charge in [-0.05, 0) is 37.2 Å². The Bertz CT molecular complexity index is 298. The van der Waals surface area contributed by atoms with Crippen LogP contribution in [0.3, 0.4) is 0 Å². The van der Waals surface area contributed by atoms with E-state index in [0.29, 0.717) is 11.3 Å². The van der Waals surface area contributed by atoms with Crippen molar-refractivity contribution in [3.8, 4) is 0 Å². The normalized spacial score (nSPS) is 12.9. The molecule has 1 N–H and O–H groups in total. The van der Waals surface area contributed by atoms with Crippen LogP contribution in [0.4, 0.5) is 0 Å². The largest absolute Gasteiger partial charge is 0.448 e. The van der Waals surface area contributed by atoms with Gasteiger partial charge in [0.05, 0.1) is 6.04 Å². The van der Waals surface area contributed by atoms with Crippen LogP contribution >= 0.6 is 11.6 Å². The Labute approximate surface area is 110 Å². The third-order valence-electron chi connectivity index (χ3n) is 3.13. The summed E-state index contributed by atoms with van der Waals surface area (Å²) in [5.74, 6) is 0.950. The number of furan rings is 1. The van der Waals surface area contributed by atoms with Gasteiger partial charge in [-0.1, -0.05) is 45.4 Å². The molecule has 1 aromatic rings. The van der Waals surface area contributed by atoms with Crippen LogP contribution in [-0.4, -0.2) is 7.05 Å². The molecule has 0 radical (unpaired) electrons. The van der Waals surface area contributed by atoms with E-state index < -0.39 is 0 Å². The lowest BCUT2D eigenvalue weighted by Gasteiger charge is -2.13. The van der Waals surface area contributed by atoms with Crippen LogP contribution in [0.15, 0.2) is 16.5 Å². The Balaban J connectivity index is 2.19. The van der Waals surface area contributed by atoms with Crippen molar-refractivity contribution in [2.45, 2.75) is 57.9 Å². The van der Waals surface area contributed by atoms with E-state index in [1.54, 1.807) is 0 Å². The number of halogens is 1. The van der Waals surface area contributed by atoms with E-state index in [4.69, 9.17) is 16.0 Å². The van der Waals surface area contributed by atoms with Crippen LogP contribution in [0.1, 0.15) is 63.7 Å². The molecule has 0 aliphatic heterocycles. The molecular weight excluding hydrogens is 234 g/mol. The molecule has 1 heterocycles. The first-order valence-electron chi connectivity index (χ1n) is 6.70. The fraction of sp³-hybridized carbons (Fsp3) is 0.714. The van der Waals surface area contributed by atoms with E-state index in [1.165, 1.54) is 38.5 Å². The Kier molecular flexibility index (Phi) is 7.38. The maximum absolute atomic E-state index is 5.79. The molecule has 0 amide bonds. The van der Waals surface area contributed by atoms with E-state index >= 15 is 0 Å². The van der Waals surface area contributed by atoms with Gasteiger partial charge in [-0.3, -0.25) is 0 Å². The second-order valence-corrected chi connectivity index (χ2v) is 4.91. The quantitative estimate of drug-likeness (QED) is 0.634. The molecule has 0 fully saturated rings. The maximum atomic E-state index is 5.79. The minimum atomic E-state index is 0.300. The summed E-state index contributed by atoms with van der Waals surface area (Å²) >= 11 is 5.79. The molecule has 0 saturated heterocycles. The molecule has 1 atom stereocenters. The standard InChI is InChI=1S/C14H24ClNO/c1-3-4-5-6-7-8-9-12(16-2)13-10-11-14(15)17-13/h10-12,16H,3-9H2,1-2H3. The maximum Gasteiger partial charge on any atom is 0.193 e. The smallest absolute Gasteiger partial charge is 0.193 e. The van der Waals surface area contributed by atoms with E-state index in [0.717, 1.165) is 12.2 Å². The van der Waals surface area contributed by atoms with Crippen molar-refractivity contribution in [3.63, 3.8) is 0 Å². The fourth-order valence-corrected chi connectivity index (χ4v) is 2.23. The summed E-state index contributed by atoms with van der Waals surface area (Å²) in [6.45, 7) is 2.25. The second kappa shape index (κ2) is 8.60. The van der Waals surface area contributed by atoms with Crippen molar-refractivity contribution in [1.82, 2.24) is 5.32 Å². The first-order valence-corrected chi connectivity index (χ1v) is 7.08. The van der Waals surface area contributed by atoms with Crippen LogP contribution in [0.5, 0.6) is 0 Å². The Morgan fingerprint density at radius 2 is 1.88 bits per heavy atom. The van der Waals surface area contributed by atoms with Crippen molar-refractivity contribution in [1.29, 1.82) is 0 Å². The van der Waals surface area contributed by atoms with Gasteiger partial charge in [0.15, 0.2) is 5.22 Å². The van der Waals surface area contributed by atoms with Crippen LogP contribution in [-0.2, 0) is 0 Å². The van der Waals surface area contributed by atoms with Gasteiger partial charge in [0.25, 0.3) is 0 Å². The average molecular weight is 258 g/mol. The summed E-state index contributed by atoms with van der Waals surface area (Å²) in [5, 5.41) is 3.76. The van der Waals surface area contributed by atoms with Gasteiger partial charge in [-0.25, -0.2) is 0 Å². The van der Waals surface area contributed by atoms with E-state index in [1.807, 2.05) is 19.2 Å². The third-order valence-corrected chi connectivity index (χ3v) is 3.34. The van der Waals surface area contributed by atoms with Crippen molar-refractivity contribution in [2.24, 2.45) is 0 Å². The fourth-order valence-electron chi connectivity index (χ4n) is 2.07. The lowest BCUT2D eigenvalue weighted by Crippen LogP contribution is -2.15. The number of nitrogens with one attached hydrogen (secondary N) is 1. The van der Waals surface area contributed by atoms with Crippen molar-refractivity contribution in [2.75, 3.05) is 7.05 Å². The number of hydrogen-bond donors (Lipinski definition) is 1. The van der Waals surface area contributed by atoms with E-state index in [-0.39, 0.29) is 0 Å². The van der Waals surface area contributed by atoms with Crippen LogP contribution < -0.4 is 5.32 Å². The molecule has 2 nitrogen and oxygen atoms in total. The molecular formula is C14H24ClNO. The summed E-state index contributed by atoms with van der Waals surface area (Å²) in [5.41, 5.74) is 0. The van der Waals surface area contributed by atoms with Crippen LogP contribution in [0.2, 0.25) is 5.22 Å². The van der Waals surface area contributed by atoms with Crippen LogP contribution in [0, 0.1) is 0 Å². The summed E-state index contributed by atoms with van der Waals surface area (Å²) < 4.78 is 5.44. The molecule has 98 valence electrons. The Hall–Kier alpha value is -0.470. The van der Waals surface area contributed by atoms with Gasteiger partial charge < -0.3 is 9.73 Å². The highest BCUT2D eigenvalue weighted by Gasteiger charge is 2.12. The minimum Gasteiger partial charge on any atom is -0.448 e. The Morgan fingerprint density at radius 1 is 1.18 bits per heavy atom. The zero-order valence-electron chi connectivity index (χ0n) is 11.0. The number of rotatable bonds is 9. The van der Waals surface area contributed by atoms with E-state index in [9.17, 15) is 0 Å². The first-order chi connectivity index (χ1) is 8.27. The predicted octanol–water partition coefficient (Wildman–Crippen LogP) is 4.94. The minimum absolute atomic E-state index is 0.300. The molecule has 1 unspecified atom stereocenters. The summed E-state index contributed by atoms with van der Waals surface area (Å²) in [4.78, 5) is 0. The summed E-state index contributed by atoms with van der Waals surface area (Å²) in [6, 6.07) is 4.07. The van der Waals surface area contributed by atoms with Gasteiger partial charge in [-0.2, -0.15) is 0 Å². The molecule has 0 aromatic carbocycles. The number of unbranched alkanes of at least 4 members (excludes halogenated alkanes) is 5. The SMILES string of the molecule is CCCCCCCCC(NC)c1ccc(Cl)o1. The molecule has 0 spiro atoms. The zero-order chi connectivity index (χ0) is 12.5. The highest BCUT2D eigenvalue weighted by Crippen LogP contribution is 2.24. The topological polar surface area (TPSA) is 25.2 Å². The third kappa shape index (κ3) is 5.60. The van der Waals surface area contributed by atoms with Gasteiger partial charge in [0.1, 0.15) is 5.76 Å². The lowest BCUT2D eigenvalue weighted by atomic mass is 10.0. The van der Waals surface area contributed by atoms with Crippen molar-refractivity contribution >= 4 is 11.6 Å². The predicted molar refractivity (Wildman–Crippen MR) is 73.5 cm³/mol. The first kappa shape index (κ1) is 14.6. The molecule has 1 rings (SSSR count). The zero-order valence-corrected chi connectivity index (χ0v) is 11.7. The van der Waals surface area contributed by atoms with Crippen molar-refractivity contribution in [3.05, 3.63) is 23.1 Å². The van der Waals surface area contributed by atoms with Crippen molar-refractivity contribution < 1.29 is 4.42 Å². The second-order valence-electron chi connectivity index (χ2n) is 4.54. The molecule has 0 saturated carbocycles. The molecule has 3 heteroatoms. The monoisotopic (exact) mass is 257 g/mol. The highest BCUT2D eigenvalue weighted by atomic mass is 35.5. The molecule has 1 aromatic heterocycles. The van der Waals surface area contributed by atoms with Gasteiger partial charge in [0.2, 0.25) is 0 Å². The van der Waals surface area contributed by atoms with E-state index in [2.05, 4.69) is 12.2 Å². The van der Waals surface area contributed by atoms with Gasteiger partial charge >= 0.3 is 0 Å². The highest BCUT2D eigenvalue weighted by molar-refractivity contribution is 6.28. The van der Waals surface area contributed by atoms with Gasteiger partial charge in [-0.15, -0.1) is 0 Å². The average Bonchev–Trinajstić information content (AvgIpc) is 2.75. The Morgan fingerprint density at radius 3 is 2.47 bits per heavy atom. The molecule has 0 aliphatic rings. The van der Waals surface area contributed by atoms with Crippen LogP contribution in [0.25, 0.3) is 0 Å². The summed E-state index contributed by atoms with van der Waals surface area (Å²) in [6.07, 6.45) is 9.07. The molecule has 17 heavy (non-hydrogen) atoms. The number of hydrogen-bond acceptors (Lipinski definition) is 2.